The third kappa shape index (κ3) is 7.82. The van der Waals surface area contributed by atoms with Crippen LogP contribution in [0.1, 0.15) is 18.4 Å². The molecule has 0 atom stereocenters. The SMILES string of the molecule is CN=C(NCc1ccsc1)NCC1CCN(CCOC)CC1.I. The Morgan fingerprint density at radius 1 is 1.39 bits per heavy atom. The molecule has 0 aliphatic carbocycles. The van der Waals surface area contributed by atoms with Gasteiger partial charge >= 0.3 is 0 Å². The Morgan fingerprint density at radius 2 is 2.17 bits per heavy atom. The van der Waals surface area contributed by atoms with Crippen LogP contribution in [0.3, 0.4) is 0 Å². The molecule has 1 aromatic rings. The van der Waals surface area contributed by atoms with E-state index in [-0.39, 0.29) is 24.0 Å². The van der Waals surface area contributed by atoms with E-state index in [0.29, 0.717) is 0 Å². The summed E-state index contributed by atoms with van der Waals surface area (Å²) >= 11 is 1.73. The highest BCUT2D eigenvalue weighted by molar-refractivity contribution is 14.0. The molecule has 1 fully saturated rings. The van der Waals surface area contributed by atoms with Crippen LogP contribution in [0, 0.1) is 5.92 Å². The Hall–Kier alpha value is -0.380. The monoisotopic (exact) mass is 452 g/mol. The minimum Gasteiger partial charge on any atom is -0.383 e. The number of hydrogen-bond acceptors (Lipinski definition) is 4. The maximum absolute atomic E-state index is 5.15. The Bertz CT molecular complexity index is 433. The molecule has 5 nitrogen and oxygen atoms in total. The second-order valence-electron chi connectivity index (χ2n) is 5.72. The predicted molar refractivity (Wildman–Crippen MR) is 109 cm³/mol. The van der Waals surface area contributed by atoms with Crippen LogP contribution in [0.2, 0.25) is 0 Å². The van der Waals surface area contributed by atoms with Gasteiger partial charge in [-0.3, -0.25) is 4.99 Å². The number of aliphatic imine (C=N–C) groups is 1. The summed E-state index contributed by atoms with van der Waals surface area (Å²) < 4.78 is 5.15. The fourth-order valence-corrected chi connectivity index (χ4v) is 3.34. The van der Waals surface area contributed by atoms with Crippen LogP contribution < -0.4 is 10.6 Å². The number of halogens is 1. The summed E-state index contributed by atoms with van der Waals surface area (Å²) in [5, 5.41) is 11.1. The number of rotatable bonds is 7. The topological polar surface area (TPSA) is 48.9 Å². The number of thiophene rings is 1. The molecule has 1 saturated heterocycles. The number of methoxy groups -OCH3 is 1. The van der Waals surface area contributed by atoms with Crippen molar-refractivity contribution in [3.8, 4) is 0 Å². The Labute approximate surface area is 160 Å². The van der Waals surface area contributed by atoms with Gasteiger partial charge in [0.1, 0.15) is 0 Å². The van der Waals surface area contributed by atoms with Crippen molar-refractivity contribution < 1.29 is 4.74 Å². The third-order valence-corrected chi connectivity index (χ3v) is 4.87. The van der Waals surface area contributed by atoms with Crippen molar-refractivity contribution in [3.63, 3.8) is 0 Å². The summed E-state index contributed by atoms with van der Waals surface area (Å²) in [6.07, 6.45) is 2.50. The standard InChI is InChI=1S/C16H28N4OS.HI/c1-17-16(19-12-15-5-10-22-13-15)18-11-14-3-6-20(7-4-14)8-9-21-2;/h5,10,13-14H,3-4,6-9,11-12H2,1-2H3,(H2,17,18,19);1H. The molecule has 2 N–H and O–H groups in total. The quantitative estimate of drug-likeness (QED) is 0.379. The lowest BCUT2D eigenvalue weighted by atomic mass is 9.97. The zero-order chi connectivity index (χ0) is 15.6. The predicted octanol–water partition coefficient (Wildman–Crippen LogP) is 2.39. The van der Waals surface area contributed by atoms with Gasteiger partial charge in [0.05, 0.1) is 6.61 Å². The van der Waals surface area contributed by atoms with Gasteiger partial charge in [0.15, 0.2) is 5.96 Å². The van der Waals surface area contributed by atoms with Crippen molar-refractivity contribution in [2.75, 3.05) is 46.9 Å². The van der Waals surface area contributed by atoms with E-state index in [9.17, 15) is 0 Å². The van der Waals surface area contributed by atoms with Gasteiger partial charge in [-0.15, -0.1) is 24.0 Å². The van der Waals surface area contributed by atoms with Gasteiger partial charge < -0.3 is 20.3 Å². The van der Waals surface area contributed by atoms with Crippen LogP contribution in [0.4, 0.5) is 0 Å². The van der Waals surface area contributed by atoms with E-state index in [1.807, 2.05) is 7.05 Å². The molecule has 0 bridgehead atoms. The summed E-state index contributed by atoms with van der Waals surface area (Å²) in [6, 6.07) is 2.14. The van der Waals surface area contributed by atoms with E-state index in [4.69, 9.17) is 4.74 Å². The molecule has 2 rings (SSSR count). The molecular weight excluding hydrogens is 423 g/mol. The number of guanidine groups is 1. The number of nitrogens with one attached hydrogen (secondary N) is 2. The van der Waals surface area contributed by atoms with Crippen molar-refractivity contribution in [2.24, 2.45) is 10.9 Å². The van der Waals surface area contributed by atoms with Gasteiger partial charge in [-0.1, -0.05) is 0 Å². The van der Waals surface area contributed by atoms with Crippen LogP contribution in [-0.2, 0) is 11.3 Å². The maximum atomic E-state index is 5.15. The highest BCUT2D eigenvalue weighted by atomic mass is 127. The van der Waals surface area contributed by atoms with Crippen LogP contribution in [0.5, 0.6) is 0 Å². The first-order chi connectivity index (χ1) is 10.8. The molecule has 0 amide bonds. The number of ether oxygens (including phenoxy) is 1. The van der Waals surface area contributed by atoms with Gasteiger partial charge in [-0.05, 0) is 54.2 Å². The van der Waals surface area contributed by atoms with Crippen LogP contribution in [-0.4, -0.2) is 57.8 Å². The van der Waals surface area contributed by atoms with Gasteiger partial charge in [0.25, 0.3) is 0 Å². The third-order valence-electron chi connectivity index (χ3n) is 4.14. The number of hydrogen-bond donors (Lipinski definition) is 2. The fourth-order valence-electron chi connectivity index (χ4n) is 2.68. The molecule has 0 saturated carbocycles. The summed E-state index contributed by atoms with van der Waals surface area (Å²) in [5.41, 5.74) is 1.31. The van der Waals surface area contributed by atoms with Crippen molar-refractivity contribution in [3.05, 3.63) is 22.4 Å². The minimum atomic E-state index is 0. The van der Waals surface area contributed by atoms with E-state index in [1.54, 1.807) is 18.4 Å². The average molecular weight is 452 g/mol. The van der Waals surface area contributed by atoms with E-state index in [1.165, 1.54) is 31.5 Å². The minimum absolute atomic E-state index is 0. The molecule has 0 unspecified atom stereocenters. The van der Waals surface area contributed by atoms with Crippen molar-refractivity contribution in [2.45, 2.75) is 19.4 Å². The number of piperidine rings is 1. The van der Waals surface area contributed by atoms with Crippen molar-refractivity contribution >= 4 is 41.3 Å². The van der Waals surface area contributed by atoms with E-state index in [2.05, 4.69) is 37.4 Å². The molecule has 0 aromatic carbocycles. The lowest BCUT2D eigenvalue weighted by Crippen LogP contribution is -2.43. The number of likely N-dealkylation sites (tertiary alicyclic amines) is 1. The van der Waals surface area contributed by atoms with E-state index < -0.39 is 0 Å². The summed E-state index contributed by atoms with van der Waals surface area (Å²) in [4.78, 5) is 6.79. The summed E-state index contributed by atoms with van der Waals surface area (Å²) in [6.45, 7) is 6.08. The zero-order valence-corrected chi connectivity index (χ0v) is 17.2. The molecule has 0 spiro atoms. The van der Waals surface area contributed by atoms with E-state index in [0.717, 1.165) is 38.1 Å². The summed E-state index contributed by atoms with van der Waals surface area (Å²) in [7, 11) is 3.60. The zero-order valence-electron chi connectivity index (χ0n) is 14.1. The van der Waals surface area contributed by atoms with Crippen molar-refractivity contribution in [1.82, 2.24) is 15.5 Å². The lowest BCUT2D eigenvalue weighted by molar-refractivity contribution is 0.121. The highest BCUT2D eigenvalue weighted by Gasteiger charge is 2.18. The van der Waals surface area contributed by atoms with Gasteiger partial charge in [0.2, 0.25) is 0 Å². The van der Waals surface area contributed by atoms with Gasteiger partial charge in [-0.25, -0.2) is 0 Å². The maximum Gasteiger partial charge on any atom is 0.191 e. The van der Waals surface area contributed by atoms with Crippen LogP contribution >= 0.6 is 35.3 Å². The smallest absolute Gasteiger partial charge is 0.191 e. The second-order valence-corrected chi connectivity index (χ2v) is 6.50. The van der Waals surface area contributed by atoms with E-state index >= 15 is 0 Å². The second kappa shape index (κ2) is 12.0. The summed E-state index contributed by atoms with van der Waals surface area (Å²) in [5.74, 6) is 1.63. The molecule has 2 heterocycles. The lowest BCUT2D eigenvalue weighted by Gasteiger charge is -2.32. The average Bonchev–Trinajstić information content (AvgIpc) is 3.07. The normalized spacial score (nSPS) is 16.9. The highest BCUT2D eigenvalue weighted by Crippen LogP contribution is 2.15. The molecular formula is C16H29IN4OS. The van der Waals surface area contributed by atoms with Crippen molar-refractivity contribution in [1.29, 1.82) is 0 Å². The van der Waals surface area contributed by atoms with Gasteiger partial charge in [0, 0.05) is 33.8 Å². The fraction of sp³-hybridized carbons (Fsp3) is 0.688. The Kier molecular flexibility index (Phi) is 10.8. The van der Waals surface area contributed by atoms with Crippen LogP contribution in [0.25, 0.3) is 0 Å². The molecule has 0 radical (unpaired) electrons. The molecule has 1 aromatic heterocycles. The van der Waals surface area contributed by atoms with Crippen LogP contribution in [0.15, 0.2) is 21.8 Å². The molecule has 1 aliphatic rings. The molecule has 132 valence electrons. The van der Waals surface area contributed by atoms with Gasteiger partial charge in [-0.2, -0.15) is 11.3 Å². The molecule has 1 aliphatic heterocycles. The molecule has 7 heteroatoms. The first-order valence-electron chi connectivity index (χ1n) is 7.98. The largest absolute Gasteiger partial charge is 0.383 e. The molecule has 23 heavy (non-hydrogen) atoms. The Balaban J connectivity index is 0.00000264. The number of nitrogens with zero attached hydrogens (tertiary/aromatic N) is 2. The first kappa shape index (κ1) is 20.7. The Morgan fingerprint density at radius 3 is 2.78 bits per heavy atom. The first-order valence-corrected chi connectivity index (χ1v) is 8.93.